The van der Waals surface area contributed by atoms with Crippen molar-refractivity contribution in [2.45, 2.75) is 0 Å². The number of hydrogen-bond donors (Lipinski definition) is 0. The molecule has 36 heavy (non-hydrogen) atoms. The van der Waals surface area contributed by atoms with E-state index in [1.165, 1.54) is 6.07 Å². The number of pyridine rings is 1. The van der Waals surface area contributed by atoms with Crippen molar-refractivity contribution in [3.63, 3.8) is 0 Å². The Morgan fingerprint density at radius 3 is 2.53 bits per heavy atom. The van der Waals surface area contributed by atoms with E-state index in [1.54, 1.807) is 24.3 Å². The van der Waals surface area contributed by atoms with Crippen LogP contribution in [0.25, 0.3) is 61.3 Å². The molecule has 7 aromatic rings. The molecule has 0 saturated carbocycles. The third kappa shape index (κ3) is 2.79. The van der Waals surface area contributed by atoms with Crippen LogP contribution in [0.2, 0.25) is 0 Å². The van der Waals surface area contributed by atoms with Gasteiger partial charge in [-0.15, -0.1) is 0 Å². The minimum atomic E-state index is -0.890. The molecule has 0 atom stereocenters. The monoisotopic (exact) mass is 472 g/mol. The first-order valence-electron chi connectivity index (χ1n) is 11.2. The van der Waals surface area contributed by atoms with Gasteiger partial charge in [0.2, 0.25) is 0 Å². The number of imidazole rings is 1. The number of halogens is 2. The summed E-state index contributed by atoms with van der Waals surface area (Å²) in [5, 5.41) is 10.1. The van der Waals surface area contributed by atoms with E-state index in [4.69, 9.17) is 14.4 Å². The van der Waals surface area contributed by atoms with Crippen molar-refractivity contribution in [1.82, 2.24) is 14.4 Å². The Morgan fingerprint density at radius 1 is 0.833 bits per heavy atom. The maximum absolute atomic E-state index is 15.0. The lowest BCUT2D eigenvalue weighted by atomic mass is 9.98. The van der Waals surface area contributed by atoms with Crippen LogP contribution in [0.5, 0.6) is 0 Å². The largest absolute Gasteiger partial charge is 0.423 e. The molecule has 0 amide bonds. The molecule has 0 saturated heterocycles. The molecule has 0 fully saturated rings. The average molecular weight is 472 g/mol. The highest BCUT2D eigenvalue weighted by molar-refractivity contribution is 6.10. The normalized spacial score (nSPS) is 11.6. The predicted molar refractivity (Wildman–Crippen MR) is 133 cm³/mol. The second-order valence-electron chi connectivity index (χ2n) is 8.45. The van der Waals surface area contributed by atoms with Crippen molar-refractivity contribution in [1.29, 1.82) is 5.26 Å². The van der Waals surface area contributed by atoms with Gasteiger partial charge in [-0.1, -0.05) is 48.5 Å². The fourth-order valence-electron chi connectivity index (χ4n) is 4.78. The maximum atomic E-state index is 15.0. The molecule has 0 aliphatic carbocycles. The van der Waals surface area contributed by atoms with E-state index in [0.717, 1.165) is 39.1 Å². The number of fused-ring (bicyclic) bond motifs is 7. The van der Waals surface area contributed by atoms with Crippen LogP contribution in [0.4, 0.5) is 8.78 Å². The van der Waals surface area contributed by atoms with Gasteiger partial charge in [0.05, 0.1) is 16.7 Å². The molecule has 3 aromatic heterocycles. The van der Waals surface area contributed by atoms with Gasteiger partial charge in [0.25, 0.3) is 0 Å². The Morgan fingerprint density at radius 2 is 1.64 bits per heavy atom. The third-order valence-electron chi connectivity index (χ3n) is 6.42. The van der Waals surface area contributed by atoms with Gasteiger partial charge in [-0.3, -0.25) is 4.40 Å². The van der Waals surface area contributed by atoms with Crippen molar-refractivity contribution in [3.05, 3.63) is 102 Å². The minimum absolute atomic E-state index is 0.138. The molecular weight excluding hydrogens is 458 g/mol. The van der Waals surface area contributed by atoms with Gasteiger partial charge in [0.15, 0.2) is 11.4 Å². The first kappa shape index (κ1) is 20.3. The zero-order valence-electron chi connectivity index (χ0n) is 18.5. The number of nitriles is 1. The minimum Gasteiger partial charge on any atom is -0.423 e. The van der Waals surface area contributed by atoms with E-state index >= 15 is 4.39 Å². The highest BCUT2D eigenvalue weighted by Gasteiger charge is 2.21. The van der Waals surface area contributed by atoms with E-state index in [1.807, 2.05) is 59.0 Å². The molecule has 0 aliphatic rings. The Kier molecular flexibility index (Phi) is 4.20. The summed E-state index contributed by atoms with van der Waals surface area (Å²) in [4.78, 5) is 9.79. The summed E-state index contributed by atoms with van der Waals surface area (Å²) in [6, 6.07) is 26.6. The molecule has 5 nitrogen and oxygen atoms in total. The number of nitrogens with zero attached hydrogens (tertiary/aromatic N) is 4. The third-order valence-corrected chi connectivity index (χ3v) is 6.42. The summed E-state index contributed by atoms with van der Waals surface area (Å²) in [5.74, 6) is -1.33. The van der Waals surface area contributed by atoms with E-state index in [-0.39, 0.29) is 5.56 Å². The standard InChI is InChI=1S/C29H14F2N4O/c30-21-13-12-18(25(31)20(21)15-32)16-6-5-7-17(14-16)26-28-27(19-8-1-2-9-22(19)33-26)34-29-35(28)23-10-3-4-11-24(23)36-29/h1-14H. The number of oxazole rings is 1. The van der Waals surface area contributed by atoms with Crippen LogP contribution in [0, 0.1) is 23.0 Å². The van der Waals surface area contributed by atoms with Crippen LogP contribution in [0.3, 0.4) is 0 Å². The summed E-state index contributed by atoms with van der Waals surface area (Å²) in [5.41, 5.74) is 5.22. The second-order valence-corrected chi connectivity index (χ2v) is 8.45. The summed E-state index contributed by atoms with van der Waals surface area (Å²) < 4.78 is 36.9. The summed E-state index contributed by atoms with van der Waals surface area (Å²) in [7, 11) is 0. The number of aromatic nitrogens is 3. The lowest BCUT2D eigenvalue weighted by molar-refractivity contribution is 0.579. The molecule has 0 N–H and O–H groups in total. The van der Waals surface area contributed by atoms with Crippen molar-refractivity contribution in [2.75, 3.05) is 0 Å². The average Bonchev–Trinajstić information content (AvgIpc) is 3.45. The molecule has 170 valence electrons. The first-order chi connectivity index (χ1) is 17.6. The molecule has 0 bridgehead atoms. The van der Waals surface area contributed by atoms with Gasteiger partial charge < -0.3 is 4.42 Å². The molecular formula is C29H14F2N4O. The maximum Gasteiger partial charge on any atom is 0.307 e. The second kappa shape index (κ2) is 7.45. The van der Waals surface area contributed by atoms with Crippen LogP contribution in [0.15, 0.2) is 89.3 Å². The SMILES string of the molecule is N#Cc1c(F)ccc(-c2cccc(-c3nc4ccccc4c4nc5oc6ccccc6n5c34)c2)c1F. The lowest BCUT2D eigenvalue weighted by Crippen LogP contribution is -1.95. The smallest absolute Gasteiger partial charge is 0.307 e. The number of benzene rings is 4. The van der Waals surface area contributed by atoms with Crippen molar-refractivity contribution in [2.24, 2.45) is 0 Å². The Balaban J connectivity index is 1.57. The molecule has 0 spiro atoms. The number of hydrogen-bond acceptors (Lipinski definition) is 4. The molecule has 7 rings (SSSR count). The van der Waals surface area contributed by atoms with E-state index in [0.29, 0.717) is 22.7 Å². The highest BCUT2D eigenvalue weighted by atomic mass is 19.1. The molecule has 0 radical (unpaired) electrons. The fourth-order valence-corrected chi connectivity index (χ4v) is 4.78. The van der Waals surface area contributed by atoms with E-state index < -0.39 is 17.2 Å². The van der Waals surface area contributed by atoms with Gasteiger partial charge in [0.1, 0.15) is 28.5 Å². The molecule has 0 aliphatic heterocycles. The zero-order chi connectivity index (χ0) is 24.4. The first-order valence-corrected chi connectivity index (χ1v) is 11.2. The summed E-state index contributed by atoms with van der Waals surface area (Å²) >= 11 is 0. The van der Waals surface area contributed by atoms with Gasteiger partial charge >= 0.3 is 5.84 Å². The topological polar surface area (TPSA) is 67.1 Å². The Bertz CT molecular complexity index is 2040. The van der Waals surface area contributed by atoms with E-state index in [9.17, 15) is 9.65 Å². The zero-order valence-corrected chi connectivity index (χ0v) is 18.5. The van der Waals surface area contributed by atoms with Crippen LogP contribution in [0.1, 0.15) is 5.56 Å². The van der Waals surface area contributed by atoms with Crippen molar-refractivity contribution >= 4 is 38.9 Å². The highest BCUT2D eigenvalue weighted by Crippen LogP contribution is 2.37. The van der Waals surface area contributed by atoms with Crippen LogP contribution in [-0.2, 0) is 0 Å². The summed E-state index contributed by atoms with van der Waals surface area (Å²) in [6.07, 6.45) is 0. The van der Waals surface area contributed by atoms with Gasteiger partial charge in [-0.25, -0.2) is 13.8 Å². The van der Waals surface area contributed by atoms with Gasteiger partial charge in [-0.05, 0) is 42.0 Å². The molecule has 4 aromatic carbocycles. The molecule has 3 heterocycles. The van der Waals surface area contributed by atoms with E-state index in [2.05, 4.69) is 0 Å². The Hall–Kier alpha value is -5.09. The van der Waals surface area contributed by atoms with Gasteiger partial charge in [0, 0.05) is 16.5 Å². The number of rotatable bonds is 2. The summed E-state index contributed by atoms with van der Waals surface area (Å²) in [6.45, 7) is 0. The number of para-hydroxylation sites is 3. The fraction of sp³-hybridized carbons (Fsp3) is 0. The van der Waals surface area contributed by atoms with Crippen LogP contribution >= 0.6 is 0 Å². The predicted octanol–water partition coefficient (Wildman–Crippen LogP) is 7.27. The lowest BCUT2D eigenvalue weighted by Gasteiger charge is -2.10. The van der Waals surface area contributed by atoms with Crippen molar-refractivity contribution < 1.29 is 13.2 Å². The van der Waals surface area contributed by atoms with Crippen LogP contribution < -0.4 is 0 Å². The molecule has 7 heteroatoms. The quantitative estimate of drug-likeness (QED) is 0.265. The Labute approximate surface area is 202 Å². The molecule has 0 unspecified atom stereocenters. The van der Waals surface area contributed by atoms with Gasteiger partial charge in [-0.2, -0.15) is 10.2 Å². The van der Waals surface area contributed by atoms with Crippen LogP contribution in [-0.4, -0.2) is 14.4 Å². The van der Waals surface area contributed by atoms with Crippen molar-refractivity contribution in [3.8, 4) is 28.5 Å².